The van der Waals surface area contributed by atoms with E-state index in [1.165, 1.54) is 13.8 Å². The van der Waals surface area contributed by atoms with E-state index in [0.29, 0.717) is 29.5 Å². The molecule has 1 aromatic heterocycles. The molecule has 8 amide bonds. The Morgan fingerprint density at radius 3 is 1.75 bits per heavy atom. The van der Waals surface area contributed by atoms with Gasteiger partial charge >= 0.3 is 11.9 Å². The van der Waals surface area contributed by atoms with Gasteiger partial charge in [0.05, 0.1) is 44.5 Å². The minimum Gasteiger partial charge on any atom is -0.480 e. The Morgan fingerprint density at radius 2 is 1.16 bits per heavy atom. The number of carboxylic acid groups (broad SMARTS) is 2. The maximum atomic E-state index is 15.2. The van der Waals surface area contributed by atoms with Crippen molar-refractivity contribution in [3.63, 3.8) is 0 Å². The molecule has 0 saturated carbocycles. The molecule has 3 heterocycles. The number of nitrogens with two attached hydrogens (primary N) is 1. The minimum atomic E-state index is -1.74. The highest BCUT2D eigenvalue weighted by molar-refractivity contribution is 8.76. The number of hydrogen-bond donors (Lipinski definition) is 15. The van der Waals surface area contributed by atoms with Crippen molar-refractivity contribution in [2.24, 2.45) is 5.73 Å². The quantitative estimate of drug-likeness (QED) is 0.0253. The number of hydrogen-bond acceptors (Lipinski definition) is 19. The molecule has 16 N–H and O–H groups in total. The van der Waals surface area contributed by atoms with E-state index in [1.54, 1.807) is 87.6 Å². The van der Waals surface area contributed by atoms with Crippen LogP contribution in [0.5, 0.6) is 0 Å². The molecule has 91 heavy (non-hydrogen) atoms. The summed E-state index contributed by atoms with van der Waals surface area (Å²) in [4.78, 5) is 149. The molecule has 30 heteroatoms. The highest BCUT2D eigenvalue weighted by Gasteiger charge is 2.37. The Kier molecular flexibility index (Phi) is 29.4. The fraction of sp³-hybridized carbons (Fsp3) is 0.508. The van der Waals surface area contributed by atoms with Gasteiger partial charge in [-0.15, -0.1) is 0 Å². The highest BCUT2D eigenvalue weighted by Crippen LogP contribution is 2.25. The Bertz CT molecular complexity index is 3050. The molecule has 4 aromatic rings. The molecule has 2 fully saturated rings. The summed E-state index contributed by atoms with van der Waals surface area (Å²) in [6.45, 7) is 2.52. The van der Waals surface area contributed by atoms with E-state index >= 15 is 9.59 Å². The number of aliphatic hydroxyl groups is 3. The third-order valence-electron chi connectivity index (χ3n) is 15.4. The lowest BCUT2D eigenvalue weighted by Gasteiger charge is -2.29. The predicted molar refractivity (Wildman–Crippen MR) is 341 cm³/mol. The molecule has 28 nitrogen and oxygen atoms in total. The van der Waals surface area contributed by atoms with E-state index in [4.69, 9.17) is 5.73 Å². The van der Waals surface area contributed by atoms with E-state index < -0.39 is 126 Å². The molecule has 10 atom stereocenters. The lowest BCUT2D eigenvalue weighted by Crippen LogP contribution is -2.62. The van der Waals surface area contributed by atoms with Gasteiger partial charge in [-0.2, -0.15) is 0 Å². The van der Waals surface area contributed by atoms with Crippen LogP contribution in [0.4, 0.5) is 0 Å². The number of fused-ring (bicyclic) bond motifs is 1. The second kappa shape index (κ2) is 37.0. The number of benzene rings is 3. The number of aromatic amines is 1. The molecule has 0 unspecified atom stereocenters. The summed E-state index contributed by atoms with van der Waals surface area (Å²) in [6.07, 6.45) is -0.864. The molecular formula is C61H85N13O15S2. The van der Waals surface area contributed by atoms with Gasteiger partial charge in [0.2, 0.25) is 47.3 Å². The van der Waals surface area contributed by atoms with Gasteiger partial charge in [-0.05, 0) is 62.4 Å². The zero-order chi connectivity index (χ0) is 66.0. The Labute approximate surface area is 535 Å². The molecule has 2 saturated heterocycles. The monoisotopic (exact) mass is 1300 g/mol. The normalized spacial score (nSPS) is 22.3. The summed E-state index contributed by atoms with van der Waals surface area (Å²) in [7, 11) is 1.90. The standard InChI is InChI=1S/C61H85N13O15S2/c1-37(76)48(34-75)68-60(88)50-36-91-90-35-49(69-56(84)45(27-39-13-5-3-6-14-39)64-51(78)31-72-21-23-73(32-52(79)80)25-26-74(24-22-72)33-53(81)82)59(87)66-46(28-40-15-7-4-8-16-40)57(85)67-47(29-41-30-63-43-18-10-9-17-42(41)43)58(86)65-44(19-11-12-20-62)55(83)71-54(38(2)77)61(89)70-50/h3-10,13-18,30,37-38,44-50,54,63,75-77H,11-12,19-29,31-36,62H2,1-2H3,(H,64,78)(H,65,86)(H,66,87)(H,67,85)(H,68,88)(H,69,84)(H,70,89)(H,71,83)(H,79,80)(H,81,82)/t37-,38-,44+,45-,46+,47-,48-,49+,50+,54+/m1/s1. The maximum Gasteiger partial charge on any atom is 0.317 e. The third-order valence-corrected chi connectivity index (χ3v) is 17.9. The lowest BCUT2D eigenvalue weighted by atomic mass is 10.0. The van der Waals surface area contributed by atoms with Crippen molar-refractivity contribution in [1.82, 2.24) is 62.2 Å². The number of para-hydroxylation sites is 1. The Morgan fingerprint density at radius 1 is 0.626 bits per heavy atom. The van der Waals surface area contributed by atoms with Crippen LogP contribution >= 0.6 is 21.6 Å². The summed E-state index contributed by atoms with van der Waals surface area (Å²) in [5, 5.41) is 73.0. The molecule has 2 aliphatic heterocycles. The van der Waals surface area contributed by atoms with Crippen LogP contribution in [0.1, 0.15) is 49.8 Å². The number of aliphatic carboxylic acids is 2. The van der Waals surface area contributed by atoms with Gasteiger partial charge in [-0.3, -0.25) is 62.6 Å². The zero-order valence-electron chi connectivity index (χ0n) is 50.9. The fourth-order valence-electron chi connectivity index (χ4n) is 10.3. The molecule has 496 valence electrons. The van der Waals surface area contributed by atoms with E-state index in [1.807, 2.05) is 18.2 Å². The van der Waals surface area contributed by atoms with Crippen LogP contribution in [0.25, 0.3) is 10.9 Å². The number of nitrogens with one attached hydrogen (secondary N) is 9. The van der Waals surface area contributed by atoms with Gasteiger partial charge in [0.1, 0.15) is 42.3 Å². The molecule has 2 aliphatic rings. The summed E-state index contributed by atoms with van der Waals surface area (Å²) in [5.74, 6) is -9.67. The number of aliphatic hydroxyl groups excluding tert-OH is 3. The number of nitrogens with zero attached hydrogens (tertiary/aromatic N) is 3. The molecule has 0 radical (unpaired) electrons. The number of aromatic nitrogens is 1. The number of amides is 8. The number of rotatable bonds is 24. The lowest BCUT2D eigenvalue weighted by molar-refractivity contribution is -0.140. The van der Waals surface area contributed by atoms with Crippen molar-refractivity contribution in [3.05, 3.63) is 108 Å². The fourth-order valence-corrected chi connectivity index (χ4v) is 12.6. The number of H-pyrrole nitrogens is 1. The molecular weight excluding hydrogens is 1220 g/mol. The van der Waals surface area contributed by atoms with Crippen LogP contribution in [0, 0.1) is 0 Å². The molecule has 0 bridgehead atoms. The average Bonchev–Trinajstić information content (AvgIpc) is 2.59. The van der Waals surface area contributed by atoms with Crippen LogP contribution < -0.4 is 48.3 Å². The Balaban J connectivity index is 1.39. The summed E-state index contributed by atoms with van der Waals surface area (Å²) < 4.78 is 0. The maximum absolute atomic E-state index is 15.2. The van der Waals surface area contributed by atoms with Crippen LogP contribution in [0.15, 0.2) is 91.1 Å². The van der Waals surface area contributed by atoms with Crippen molar-refractivity contribution in [2.45, 2.75) is 113 Å². The highest BCUT2D eigenvalue weighted by atomic mass is 33.1. The van der Waals surface area contributed by atoms with E-state index in [0.717, 1.165) is 32.5 Å². The van der Waals surface area contributed by atoms with Crippen LogP contribution in [0.3, 0.4) is 0 Å². The number of carboxylic acids is 2. The first kappa shape index (κ1) is 72.4. The largest absolute Gasteiger partial charge is 0.480 e. The zero-order valence-corrected chi connectivity index (χ0v) is 52.6. The first-order valence-electron chi connectivity index (χ1n) is 30.2. The number of unbranched alkanes of at least 4 members (excludes halogenated alkanes) is 1. The topological polar surface area (TPSA) is 420 Å². The number of carbonyl (C=O) groups is 10. The molecule has 0 spiro atoms. The molecule has 0 aliphatic carbocycles. The average molecular weight is 1300 g/mol. The van der Waals surface area contributed by atoms with Gasteiger partial charge in [0.15, 0.2) is 0 Å². The minimum absolute atomic E-state index is 0.0182. The number of carbonyl (C=O) groups excluding carboxylic acids is 8. The van der Waals surface area contributed by atoms with Crippen LogP contribution in [-0.4, -0.2) is 249 Å². The summed E-state index contributed by atoms with van der Waals surface area (Å²) in [5.41, 5.74) is 8.35. The van der Waals surface area contributed by atoms with Gasteiger partial charge in [-0.25, -0.2) is 0 Å². The second-order valence-corrected chi connectivity index (χ2v) is 25.2. The molecule has 3 aromatic carbocycles. The predicted octanol–water partition coefficient (Wildman–Crippen LogP) is -2.56. The second-order valence-electron chi connectivity index (χ2n) is 22.6. The Hall–Kier alpha value is -7.68. The van der Waals surface area contributed by atoms with Crippen molar-refractivity contribution in [3.8, 4) is 0 Å². The SMILES string of the molecule is C[C@@H](O)[C@@H]1NC(=O)[C@H](CCCCN)NC(=O)[C@@H](Cc2c[nH]c3ccccc23)NC(=O)[C@H](Cc2ccccc2)NC(=O)[C@@H](NC(=O)[C@@H](Cc2ccccc2)NC(=O)CN2CCN(CC(=O)O)CCN(CC(=O)O)CC2)CSSC[C@@H](C(=O)N[C@H](CO)[C@@H](C)O)NC1=O. The van der Waals surface area contributed by atoms with Crippen LogP contribution in [-0.2, 0) is 67.2 Å². The van der Waals surface area contributed by atoms with E-state index in [9.17, 15) is 63.9 Å². The first-order chi connectivity index (χ1) is 43.6. The van der Waals surface area contributed by atoms with E-state index in [-0.39, 0.29) is 103 Å². The molecule has 6 rings (SSSR count). The van der Waals surface area contributed by atoms with Crippen molar-refractivity contribution < 1.29 is 73.5 Å². The smallest absolute Gasteiger partial charge is 0.317 e. The van der Waals surface area contributed by atoms with Crippen molar-refractivity contribution >= 4 is 91.7 Å². The van der Waals surface area contributed by atoms with E-state index in [2.05, 4.69) is 47.5 Å². The van der Waals surface area contributed by atoms with Gasteiger partial charge in [-0.1, -0.05) is 100 Å². The first-order valence-corrected chi connectivity index (χ1v) is 32.7. The van der Waals surface area contributed by atoms with Gasteiger partial charge in [0.25, 0.3) is 0 Å². The summed E-state index contributed by atoms with van der Waals surface area (Å²) in [6, 6.07) is 12.9. The van der Waals surface area contributed by atoms with Gasteiger partial charge in [0, 0.05) is 87.1 Å². The van der Waals surface area contributed by atoms with Crippen LogP contribution in [0.2, 0.25) is 0 Å². The third kappa shape index (κ3) is 23.8. The van der Waals surface area contributed by atoms with Crippen molar-refractivity contribution in [1.29, 1.82) is 0 Å². The van der Waals surface area contributed by atoms with Gasteiger partial charge < -0.3 is 78.8 Å². The van der Waals surface area contributed by atoms with Crippen molar-refractivity contribution in [2.75, 3.05) is 83.6 Å². The summed E-state index contributed by atoms with van der Waals surface area (Å²) >= 11 is 0.